The highest BCUT2D eigenvalue weighted by atomic mass is 32.2. The Morgan fingerprint density at radius 3 is 2.14 bits per heavy atom. The monoisotopic (exact) mass is 504 g/mol. The molecule has 6 rings (SSSR count). The maximum Gasteiger partial charge on any atom is 0.331 e. The number of nitrogens with zero attached hydrogens (tertiary/aromatic N) is 4. The number of ether oxygens (including phenoxy) is 1. The van der Waals surface area contributed by atoms with Gasteiger partial charge in [0.15, 0.2) is 12.1 Å². The van der Waals surface area contributed by atoms with Crippen molar-refractivity contribution < 1.29 is 23.9 Å². The Labute approximate surface area is 211 Å². The molecule has 0 unspecified atom stereocenters. The molecule has 4 heterocycles. The molecule has 3 amide bonds. The van der Waals surface area contributed by atoms with Crippen molar-refractivity contribution in [3.8, 4) is 0 Å². The number of β-lactam (4-membered cyclic amide) rings is 1. The number of thioether (sulfide) groups is 1. The molecule has 4 aliphatic rings. The number of fused-ring (bicyclic) bond motifs is 4. The first-order valence-corrected chi connectivity index (χ1v) is 12.6. The van der Waals surface area contributed by atoms with E-state index in [2.05, 4.69) is 10.2 Å². The molecule has 0 radical (unpaired) electrons. The minimum absolute atomic E-state index is 0.455. The highest BCUT2D eigenvalue weighted by Gasteiger charge is 2.80. The molecule has 0 saturated carbocycles. The standard InChI is InChI=1S/C26H24N4O5S/c1-25(2)19(22(33)35-18(14-10-6-4-7-11-14)15-12-8-5-9-13-15)30-23(34)26(24(30)36-25)16-17(27-28-26)21(32)29(3)20(16)31/h4-13,16-19,24H,1-3H3/t16-,17+,19+,24-,26+/m1/s1. The van der Waals surface area contributed by atoms with Crippen molar-refractivity contribution in [2.45, 2.75) is 47.7 Å². The summed E-state index contributed by atoms with van der Waals surface area (Å²) in [6.45, 7) is 3.75. The summed E-state index contributed by atoms with van der Waals surface area (Å²) in [7, 11) is 1.40. The van der Waals surface area contributed by atoms with Crippen LogP contribution in [0.3, 0.4) is 0 Å². The van der Waals surface area contributed by atoms with E-state index in [4.69, 9.17) is 4.74 Å². The second-order valence-corrected chi connectivity index (χ2v) is 11.8. The minimum Gasteiger partial charge on any atom is -0.451 e. The Bertz CT molecular complexity index is 1280. The van der Waals surface area contributed by atoms with Crippen LogP contribution in [0.1, 0.15) is 31.1 Å². The fourth-order valence-electron chi connectivity index (χ4n) is 5.75. The maximum atomic E-state index is 13.7. The molecule has 3 fully saturated rings. The molecule has 2 aromatic rings. The second kappa shape index (κ2) is 7.73. The van der Waals surface area contributed by atoms with Crippen LogP contribution in [-0.4, -0.2) is 68.3 Å². The summed E-state index contributed by atoms with van der Waals surface area (Å²) in [4.78, 5) is 55.2. The van der Waals surface area contributed by atoms with E-state index < -0.39 is 63.5 Å². The van der Waals surface area contributed by atoms with Crippen LogP contribution in [0.5, 0.6) is 0 Å². The molecule has 1 spiro atoms. The van der Waals surface area contributed by atoms with Crippen LogP contribution in [0.2, 0.25) is 0 Å². The van der Waals surface area contributed by atoms with E-state index in [0.29, 0.717) is 0 Å². The lowest BCUT2D eigenvalue weighted by molar-refractivity contribution is -0.173. The van der Waals surface area contributed by atoms with Gasteiger partial charge >= 0.3 is 5.97 Å². The first-order chi connectivity index (χ1) is 17.2. The summed E-state index contributed by atoms with van der Waals surface area (Å²) in [5.74, 6) is -2.88. The van der Waals surface area contributed by atoms with Crippen LogP contribution in [0.15, 0.2) is 70.9 Å². The number of benzene rings is 2. The van der Waals surface area contributed by atoms with Crippen molar-refractivity contribution in [2.75, 3.05) is 7.05 Å². The molecule has 3 saturated heterocycles. The predicted octanol–water partition coefficient (Wildman–Crippen LogP) is 2.57. The quantitative estimate of drug-likeness (QED) is 0.360. The van der Waals surface area contributed by atoms with Crippen molar-refractivity contribution in [2.24, 2.45) is 16.1 Å². The fraction of sp³-hybridized carbons (Fsp3) is 0.385. The van der Waals surface area contributed by atoms with Crippen molar-refractivity contribution in [3.05, 3.63) is 71.8 Å². The number of carbonyl (C=O) groups excluding carboxylic acids is 4. The summed E-state index contributed by atoms with van der Waals surface area (Å²) in [5.41, 5.74) is 0.167. The van der Waals surface area contributed by atoms with E-state index in [1.165, 1.54) is 23.7 Å². The summed E-state index contributed by atoms with van der Waals surface area (Å²) in [5, 5.41) is 7.68. The Morgan fingerprint density at radius 2 is 1.56 bits per heavy atom. The third-order valence-electron chi connectivity index (χ3n) is 7.54. The van der Waals surface area contributed by atoms with Gasteiger partial charge in [-0.25, -0.2) is 4.79 Å². The Balaban J connectivity index is 1.32. The van der Waals surface area contributed by atoms with Crippen LogP contribution >= 0.6 is 11.8 Å². The normalized spacial score (nSPS) is 31.7. The van der Waals surface area contributed by atoms with E-state index in [1.807, 2.05) is 74.5 Å². The third-order valence-corrected chi connectivity index (χ3v) is 9.18. The van der Waals surface area contributed by atoms with Gasteiger partial charge in [-0.05, 0) is 25.0 Å². The molecule has 184 valence electrons. The molecule has 0 N–H and O–H groups in total. The Morgan fingerprint density at radius 1 is 0.972 bits per heavy atom. The molecule has 5 atom stereocenters. The van der Waals surface area contributed by atoms with Crippen LogP contribution < -0.4 is 0 Å². The lowest BCUT2D eigenvalue weighted by Crippen LogP contribution is -2.75. The molecule has 9 nitrogen and oxygen atoms in total. The highest BCUT2D eigenvalue weighted by molar-refractivity contribution is 8.01. The lowest BCUT2D eigenvalue weighted by atomic mass is 9.74. The molecular formula is C26H24N4O5S. The number of rotatable bonds is 4. The van der Waals surface area contributed by atoms with Crippen LogP contribution in [0.25, 0.3) is 0 Å². The van der Waals surface area contributed by atoms with Gasteiger partial charge in [-0.2, -0.15) is 10.2 Å². The second-order valence-electron chi connectivity index (χ2n) is 10.0. The number of amides is 3. The van der Waals surface area contributed by atoms with Gasteiger partial charge in [0, 0.05) is 11.8 Å². The summed E-state index contributed by atoms with van der Waals surface area (Å²) < 4.78 is 5.39. The minimum atomic E-state index is -1.46. The number of likely N-dealkylation sites (N-methyl/N-ethyl adjacent to an activating group) is 1. The highest BCUT2D eigenvalue weighted by Crippen LogP contribution is 2.62. The average Bonchev–Trinajstić information content (AvgIpc) is 3.48. The lowest BCUT2D eigenvalue weighted by Gasteiger charge is -2.50. The van der Waals surface area contributed by atoms with Gasteiger partial charge < -0.3 is 9.64 Å². The number of likely N-dealkylation sites (tertiary alicyclic amines) is 1. The van der Waals surface area contributed by atoms with Gasteiger partial charge in [-0.15, -0.1) is 11.8 Å². The van der Waals surface area contributed by atoms with E-state index >= 15 is 0 Å². The van der Waals surface area contributed by atoms with Crippen LogP contribution in [0.4, 0.5) is 0 Å². The predicted molar refractivity (Wildman–Crippen MR) is 130 cm³/mol. The van der Waals surface area contributed by atoms with Crippen molar-refractivity contribution in [1.82, 2.24) is 9.80 Å². The molecular weight excluding hydrogens is 480 g/mol. The third kappa shape index (κ3) is 2.90. The maximum absolute atomic E-state index is 13.7. The summed E-state index contributed by atoms with van der Waals surface area (Å²) in [6, 6.07) is 17.0. The SMILES string of the molecule is CN1C(=O)[C@H]2N=N[C@]3(C(=O)N4[C@@H](C(=O)OC(c5ccccc5)c5ccccc5)C(C)(C)S[C@@H]43)[C@H]2C1=O. The zero-order chi connectivity index (χ0) is 25.4. The number of carbonyl (C=O) groups is 4. The van der Waals surface area contributed by atoms with Gasteiger partial charge in [0.1, 0.15) is 17.3 Å². The topological polar surface area (TPSA) is 109 Å². The largest absolute Gasteiger partial charge is 0.451 e. The van der Waals surface area contributed by atoms with E-state index in [0.717, 1.165) is 16.0 Å². The first-order valence-electron chi connectivity index (χ1n) is 11.7. The number of azo groups is 1. The molecule has 0 aromatic heterocycles. The Kier molecular flexibility index (Phi) is 4.92. The molecule has 4 aliphatic heterocycles. The molecule has 0 aliphatic carbocycles. The number of hydrogen-bond acceptors (Lipinski definition) is 8. The average molecular weight is 505 g/mol. The Hall–Kier alpha value is -3.53. The molecule has 10 heteroatoms. The fourth-order valence-corrected chi connectivity index (χ4v) is 7.47. The van der Waals surface area contributed by atoms with Gasteiger partial charge in [-0.3, -0.25) is 19.3 Å². The van der Waals surface area contributed by atoms with E-state index in [-0.39, 0.29) is 0 Å². The summed E-state index contributed by atoms with van der Waals surface area (Å²) in [6.07, 6.45) is -0.650. The van der Waals surface area contributed by atoms with Crippen molar-refractivity contribution in [1.29, 1.82) is 0 Å². The van der Waals surface area contributed by atoms with Crippen LogP contribution in [0, 0.1) is 5.92 Å². The van der Waals surface area contributed by atoms with Gasteiger partial charge in [0.25, 0.3) is 11.8 Å². The molecule has 0 bridgehead atoms. The van der Waals surface area contributed by atoms with Crippen molar-refractivity contribution in [3.63, 3.8) is 0 Å². The number of imide groups is 1. The molecule has 2 aromatic carbocycles. The van der Waals surface area contributed by atoms with Gasteiger partial charge in [0.2, 0.25) is 11.4 Å². The zero-order valence-electron chi connectivity index (χ0n) is 19.9. The summed E-state index contributed by atoms with van der Waals surface area (Å²) >= 11 is 1.39. The van der Waals surface area contributed by atoms with Gasteiger partial charge in [0.05, 0.1) is 0 Å². The number of esters is 1. The first kappa shape index (κ1) is 22.9. The van der Waals surface area contributed by atoms with E-state index in [9.17, 15) is 19.2 Å². The zero-order valence-corrected chi connectivity index (χ0v) is 20.7. The van der Waals surface area contributed by atoms with Crippen molar-refractivity contribution >= 4 is 35.5 Å². The molecule has 36 heavy (non-hydrogen) atoms. The van der Waals surface area contributed by atoms with E-state index in [1.54, 1.807) is 0 Å². The van der Waals surface area contributed by atoms with Gasteiger partial charge in [-0.1, -0.05) is 60.7 Å². The van der Waals surface area contributed by atoms with Crippen LogP contribution in [-0.2, 0) is 23.9 Å². The number of hydrogen-bond donors (Lipinski definition) is 0. The smallest absolute Gasteiger partial charge is 0.331 e.